The zero-order valence-electron chi connectivity index (χ0n) is 16.2. The molecule has 1 aromatic carbocycles. The summed E-state index contributed by atoms with van der Waals surface area (Å²) < 4.78 is 11.1. The van der Waals surface area contributed by atoms with Gasteiger partial charge in [-0.15, -0.1) is 0 Å². The second-order valence-corrected chi connectivity index (χ2v) is 7.74. The van der Waals surface area contributed by atoms with Crippen molar-refractivity contribution in [2.75, 3.05) is 32.8 Å². The van der Waals surface area contributed by atoms with Crippen LogP contribution in [0.5, 0.6) is 0 Å². The third-order valence-corrected chi connectivity index (χ3v) is 5.34. The predicted molar refractivity (Wildman–Crippen MR) is 104 cm³/mol. The van der Waals surface area contributed by atoms with Gasteiger partial charge < -0.3 is 19.0 Å². The highest BCUT2D eigenvalue weighted by Crippen LogP contribution is 2.30. The number of amides is 2. The first-order chi connectivity index (χ1) is 13.6. The molecule has 1 aliphatic carbocycles. The van der Waals surface area contributed by atoms with Crippen LogP contribution in [0.25, 0.3) is 0 Å². The van der Waals surface area contributed by atoms with Crippen molar-refractivity contribution in [2.45, 2.75) is 25.9 Å². The van der Waals surface area contributed by atoms with Crippen LogP contribution >= 0.6 is 0 Å². The Bertz CT molecular complexity index is 812. The lowest BCUT2D eigenvalue weighted by atomic mass is 10.1. The van der Waals surface area contributed by atoms with Crippen LogP contribution in [-0.2, 0) is 4.74 Å². The largest absolute Gasteiger partial charge is 0.459 e. The van der Waals surface area contributed by atoms with Crippen LogP contribution in [0.2, 0.25) is 0 Å². The normalized spacial score (nSPS) is 19.5. The fourth-order valence-electron chi connectivity index (χ4n) is 3.55. The van der Waals surface area contributed by atoms with Gasteiger partial charge in [0.2, 0.25) is 0 Å². The van der Waals surface area contributed by atoms with E-state index in [1.54, 1.807) is 17.0 Å². The molecule has 1 saturated carbocycles. The Hall–Kier alpha value is -2.60. The van der Waals surface area contributed by atoms with E-state index in [9.17, 15) is 9.59 Å². The second-order valence-electron chi connectivity index (χ2n) is 7.74. The summed E-state index contributed by atoms with van der Waals surface area (Å²) >= 11 is 0. The van der Waals surface area contributed by atoms with Crippen LogP contribution in [0.4, 0.5) is 0 Å². The van der Waals surface area contributed by atoms with Gasteiger partial charge in [0.25, 0.3) is 11.8 Å². The van der Waals surface area contributed by atoms with Crippen LogP contribution < -0.4 is 0 Å². The number of morpholine rings is 1. The van der Waals surface area contributed by atoms with Crippen LogP contribution in [0.1, 0.15) is 39.3 Å². The molecule has 2 heterocycles. The summed E-state index contributed by atoms with van der Waals surface area (Å²) in [5.74, 6) is 0.826. The maximum atomic E-state index is 13.1. The Morgan fingerprint density at radius 3 is 2.61 bits per heavy atom. The number of carbonyl (C=O) groups excluding carboxylic acids is 2. The average Bonchev–Trinajstić information content (AvgIpc) is 3.36. The molecule has 1 saturated heterocycles. The molecule has 148 valence electrons. The molecule has 1 unspecified atom stereocenters. The molecule has 2 fully saturated rings. The van der Waals surface area contributed by atoms with Crippen molar-refractivity contribution < 1.29 is 18.7 Å². The third kappa shape index (κ3) is 4.44. The number of ether oxygens (including phenoxy) is 1. The minimum absolute atomic E-state index is 0.0324. The lowest BCUT2D eigenvalue weighted by Crippen LogP contribution is -2.50. The summed E-state index contributed by atoms with van der Waals surface area (Å²) in [6, 6.07) is 11.1. The van der Waals surface area contributed by atoms with Gasteiger partial charge in [-0.25, -0.2) is 0 Å². The standard InChI is InChI=1S/C22H26N2O4/c1-16-4-8-18(9-5-16)21(25)24(13-17-6-7-17)15-19-14-23(10-12-27-19)22(26)20-3-2-11-28-20/h2-5,8-9,11,17,19H,6-7,10,12-15H2,1H3. The first-order valence-corrected chi connectivity index (χ1v) is 9.90. The molecule has 0 spiro atoms. The zero-order valence-corrected chi connectivity index (χ0v) is 16.2. The minimum atomic E-state index is -0.194. The summed E-state index contributed by atoms with van der Waals surface area (Å²) in [6.07, 6.45) is 3.65. The molecule has 2 aliphatic rings. The van der Waals surface area contributed by atoms with Crippen molar-refractivity contribution in [3.63, 3.8) is 0 Å². The number of nitrogens with zero attached hydrogens (tertiary/aromatic N) is 2. The van der Waals surface area contributed by atoms with E-state index in [-0.39, 0.29) is 17.9 Å². The lowest BCUT2D eigenvalue weighted by Gasteiger charge is -2.35. The van der Waals surface area contributed by atoms with E-state index in [1.165, 1.54) is 19.1 Å². The molecular weight excluding hydrogens is 356 g/mol. The molecule has 1 aromatic heterocycles. The monoisotopic (exact) mass is 382 g/mol. The predicted octanol–water partition coefficient (Wildman–Crippen LogP) is 2.98. The number of furan rings is 1. The SMILES string of the molecule is Cc1ccc(C(=O)N(CC2CC2)CC2CN(C(=O)c3ccco3)CCO2)cc1. The van der Waals surface area contributed by atoms with E-state index in [4.69, 9.17) is 9.15 Å². The maximum Gasteiger partial charge on any atom is 0.289 e. The van der Waals surface area contributed by atoms with Gasteiger partial charge in [-0.2, -0.15) is 0 Å². The topological polar surface area (TPSA) is 63.0 Å². The van der Waals surface area contributed by atoms with Crippen LogP contribution in [-0.4, -0.2) is 60.5 Å². The Kier molecular flexibility index (Phi) is 5.48. The molecule has 1 atom stereocenters. The quantitative estimate of drug-likeness (QED) is 0.771. The van der Waals surface area contributed by atoms with Gasteiger partial charge in [0.05, 0.1) is 19.0 Å². The number of hydrogen-bond acceptors (Lipinski definition) is 4. The molecule has 0 radical (unpaired) electrons. The Morgan fingerprint density at radius 2 is 1.93 bits per heavy atom. The first-order valence-electron chi connectivity index (χ1n) is 9.90. The number of carbonyl (C=O) groups is 2. The second kappa shape index (κ2) is 8.19. The lowest BCUT2D eigenvalue weighted by molar-refractivity contribution is -0.0342. The highest BCUT2D eigenvalue weighted by Gasteiger charge is 2.32. The molecular formula is C22H26N2O4. The summed E-state index contributed by atoms with van der Waals surface area (Å²) in [6.45, 7) is 4.71. The number of aryl methyl sites for hydroxylation is 1. The van der Waals surface area contributed by atoms with Crippen molar-refractivity contribution in [3.05, 3.63) is 59.5 Å². The van der Waals surface area contributed by atoms with Gasteiger partial charge in [0.1, 0.15) is 0 Å². The van der Waals surface area contributed by atoms with Crippen molar-refractivity contribution in [1.29, 1.82) is 0 Å². The van der Waals surface area contributed by atoms with E-state index < -0.39 is 0 Å². The molecule has 1 aliphatic heterocycles. The highest BCUT2D eigenvalue weighted by atomic mass is 16.5. The van der Waals surface area contributed by atoms with E-state index >= 15 is 0 Å². The molecule has 2 amide bonds. The Morgan fingerprint density at radius 1 is 1.14 bits per heavy atom. The zero-order chi connectivity index (χ0) is 19.5. The van der Waals surface area contributed by atoms with E-state index in [1.807, 2.05) is 36.1 Å². The summed E-state index contributed by atoms with van der Waals surface area (Å²) in [7, 11) is 0. The Balaban J connectivity index is 1.43. The van der Waals surface area contributed by atoms with Gasteiger partial charge in [-0.3, -0.25) is 9.59 Å². The van der Waals surface area contributed by atoms with Gasteiger partial charge in [-0.1, -0.05) is 17.7 Å². The molecule has 28 heavy (non-hydrogen) atoms. The smallest absolute Gasteiger partial charge is 0.289 e. The number of rotatable bonds is 6. The molecule has 4 rings (SSSR count). The highest BCUT2D eigenvalue weighted by molar-refractivity contribution is 5.94. The molecule has 2 aromatic rings. The van der Waals surface area contributed by atoms with Crippen molar-refractivity contribution in [3.8, 4) is 0 Å². The molecule has 6 heteroatoms. The number of hydrogen-bond donors (Lipinski definition) is 0. The maximum absolute atomic E-state index is 13.1. The summed E-state index contributed by atoms with van der Waals surface area (Å²) in [4.78, 5) is 29.3. The first kappa shape index (κ1) is 18.7. The van der Waals surface area contributed by atoms with Gasteiger partial charge in [-0.05, 0) is 49.9 Å². The third-order valence-electron chi connectivity index (χ3n) is 5.34. The molecule has 6 nitrogen and oxygen atoms in total. The van der Waals surface area contributed by atoms with Gasteiger partial charge in [0, 0.05) is 31.7 Å². The van der Waals surface area contributed by atoms with Crippen molar-refractivity contribution in [1.82, 2.24) is 9.80 Å². The minimum Gasteiger partial charge on any atom is -0.459 e. The van der Waals surface area contributed by atoms with Crippen molar-refractivity contribution in [2.24, 2.45) is 5.92 Å². The van der Waals surface area contributed by atoms with E-state index in [0.29, 0.717) is 43.5 Å². The van der Waals surface area contributed by atoms with Crippen LogP contribution in [0.15, 0.2) is 47.1 Å². The van der Waals surface area contributed by atoms with Crippen molar-refractivity contribution >= 4 is 11.8 Å². The molecule has 0 N–H and O–H groups in total. The number of benzene rings is 1. The fraction of sp³-hybridized carbons (Fsp3) is 0.455. The fourth-order valence-corrected chi connectivity index (χ4v) is 3.55. The summed E-state index contributed by atoms with van der Waals surface area (Å²) in [5, 5.41) is 0. The van der Waals surface area contributed by atoms with Crippen LogP contribution in [0.3, 0.4) is 0 Å². The van der Waals surface area contributed by atoms with Gasteiger partial charge >= 0.3 is 0 Å². The van der Waals surface area contributed by atoms with E-state index in [2.05, 4.69) is 0 Å². The summed E-state index contributed by atoms with van der Waals surface area (Å²) in [5.41, 5.74) is 1.83. The molecule has 0 bridgehead atoms. The Labute approximate surface area is 165 Å². The van der Waals surface area contributed by atoms with Gasteiger partial charge in [0.15, 0.2) is 5.76 Å². The van der Waals surface area contributed by atoms with Crippen LogP contribution in [0, 0.1) is 12.8 Å². The average molecular weight is 382 g/mol. The van der Waals surface area contributed by atoms with E-state index in [0.717, 1.165) is 12.1 Å².